The number of likely N-dealkylation sites (N-methyl/N-ethyl adjacent to an activating group) is 2. The molecule has 0 unspecified atom stereocenters. The number of hydrogen-bond acceptors (Lipinski definition) is 5. The largest absolute Gasteiger partial charge is 0.487 e. The zero-order chi connectivity index (χ0) is 27.7. The molecule has 0 aromatic heterocycles. The number of ether oxygens (including phenoxy) is 2. The number of halogens is 3. The molecular formula is C30H31F3N2O4. The van der Waals surface area contributed by atoms with Crippen LogP contribution in [0.15, 0.2) is 48.5 Å². The van der Waals surface area contributed by atoms with Gasteiger partial charge in [0.2, 0.25) is 5.91 Å². The van der Waals surface area contributed by atoms with Crippen LogP contribution in [-0.4, -0.2) is 66.1 Å². The zero-order valence-electron chi connectivity index (χ0n) is 22.1. The van der Waals surface area contributed by atoms with E-state index in [1.54, 1.807) is 11.9 Å². The molecule has 2 bridgehead atoms. The summed E-state index contributed by atoms with van der Waals surface area (Å²) in [5.41, 5.74) is 0.453. The van der Waals surface area contributed by atoms with Crippen LogP contribution >= 0.6 is 0 Å². The quantitative estimate of drug-likeness (QED) is 0.419. The number of carbonyl (C=O) groups is 2. The number of rotatable bonds is 4. The summed E-state index contributed by atoms with van der Waals surface area (Å²) in [5, 5.41) is 0. The fourth-order valence-corrected chi connectivity index (χ4v) is 7.79. The van der Waals surface area contributed by atoms with Gasteiger partial charge in [-0.25, -0.2) is 0 Å². The normalized spacial score (nSPS) is 31.0. The summed E-state index contributed by atoms with van der Waals surface area (Å²) in [5.74, 6) is 0.131. The topological polar surface area (TPSA) is 59.1 Å². The predicted octanol–water partition coefficient (Wildman–Crippen LogP) is 4.60. The van der Waals surface area contributed by atoms with Gasteiger partial charge in [-0.05, 0) is 74.7 Å². The number of hydrogen-bond donors (Lipinski definition) is 0. The Morgan fingerprint density at radius 1 is 1.18 bits per heavy atom. The SMILES string of the molecule is CC(=O)O[C@@]12CC[C@@H](N(C)C(=O)C=Cc3cccc(C(F)(F)F)c3)[C@@H]3Oc4cccc5c4[C@@]31CCN(C)[C@@H]2C5. The van der Waals surface area contributed by atoms with E-state index in [-0.39, 0.29) is 24.0 Å². The van der Waals surface area contributed by atoms with Crippen LogP contribution in [0.25, 0.3) is 6.08 Å². The van der Waals surface area contributed by atoms with Crippen molar-refractivity contribution in [2.45, 2.75) is 68.0 Å². The Morgan fingerprint density at radius 3 is 2.69 bits per heavy atom. The van der Waals surface area contributed by atoms with Gasteiger partial charge in [0, 0.05) is 25.6 Å². The molecule has 1 spiro atoms. The van der Waals surface area contributed by atoms with E-state index in [4.69, 9.17) is 9.47 Å². The maximum Gasteiger partial charge on any atom is 0.416 e. The number of piperidine rings is 1. The highest BCUT2D eigenvalue weighted by atomic mass is 19.4. The molecule has 206 valence electrons. The van der Waals surface area contributed by atoms with Crippen molar-refractivity contribution in [3.63, 3.8) is 0 Å². The van der Waals surface area contributed by atoms with Gasteiger partial charge in [-0.2, -0.15) is 13.2 Å². The number of amides is 1. The van der Waals surface area contributed by atoms with Crippen LogP contribution in [0, 0.1) is 0 Å². The minimum absolute atomic E-state index is 0.00939. The average Bonchev–Trinajstić information content (AvgIpc) is 3.23. The molecule has 2 aliphatic carbocycles. The summed E-state index contributed by atoms with van der Waals surface area (Å²) >= 11 is 0. The Kier molecular flexibility index (Phi) is 5.88. The lowest BCUT2D eigenvalue weighted by atomic mass is 9.48. The summed E-state index contributed by atoms with van der Waals surface area (Å²) in [6, 6.07) is 10.6. The highest BCUT2D eigenvalue weighted by Crippen LogP contribution is 2.65. The van der Waals surface area contributed by atoms with Crippen molar-refractivity contribution in [2.24, 2.45) is 0 Å². The molecule has 4 aliphatic rings. The standard InChI is InChI=1S/C30H31F3N2O4/c1-18(36)39-29-13-12-22(35(3)25(37)11-10-19-6-4-8-21(16-19)30(31,32)33)27-28(29)14-15-34(2)24(29)17-20-7-5-9-23(38-27)26(20)28/h4-11,16,22,24,27H,12-15,17H2,1-3H3/t22-,24-,27+,28+,29-/m1/s1. The van der Waals surface area contributed by atoms with Crippen molar-refractivity contribution in [1.82, 2.24) is 9.80 Å². The Labute approximate surface area is 225 Å². The second-order valence-electron chi connectivity index (χ2n) is 11.2. The van der Waals surface area contributed by atoms with E-state index in [9.17, 15) is 22.8 Å². The van der Waals surface area contributed by atoms with Gasteiger partial charge < -0.3 is 14.4 Å². The second kappa shape index (κ2) is 8.84. The van der Waals surface area contributed by atoms with Crippen LogP contribution in [0.4, 0.5) is 13.2 Å². The summed E-state index contributed by atoms with van der Waals surface area (Å²) in [4.78, 5) is 29.8. The zero-order valence-corrected chi connectivity index (χ0v) is 22.1. The van der Waals surface area contributed by atoms with E-state index in [0.717, 1.165) is 42.8 Å². The first-order chi connectivity index (χ1) is 18.5. The fourth-order valence-electron chi connectivity index (χ4n) is 7.79. The minimum Gasteiger partial charge on any atom is -0.487 e. The Balaban J connectivity index is 1.35. The fraction of sp³-hybridized carbons (Fsp3) is 0.467. The van der Waals surface area contributed by atoms with Crippen molar-refractivity contribution >= 4 is 18.0 Å². The smallest absolute Gasteiger partial charge is 0.416 e. The molecule has 1 amide bonds. The highest BCUT2D eigenvalue weighted by molar-refractivity contribution is 5.92. The minimum atomic E-state index is -4.46. The van der Waals surface area contributed by atoms with Crippen LogP contribution < -0.4 is 4.74 Å². The molecule has 6 rings (SSSR count). The van der Waals surface area contributed by atoms with Gasteiger partial charge in [0.1, 0.15) is 17.5 Å². The molecule has 2 aliphatic heterocycles. The van der Waals surface area contributed by atoms with Crippen molar-refractivity contribution < 1.29 is 32.2 Å². The highest BCUT2D eigenvalue weighted by Gasteiger charge is 2.75. The molecule has 5 atom stereocenters. The van der Waals surface area contributed by atoms with Crippen LogP contribution in [0.2, 0.25) is 0 Å². The molecule has 2 aromatic carbocycles. The third-order valence-corrected chi connectivity index (χ3v) is 9.36. The number of alkyl halides is 3. The molecule has 1 saturated carbocycles. The molecule has 9 heteroatoms. The summed E-state index contributed by atoms with van der Waals surface area (Å²) in [7, 11) is 3.78. The first-order valence-electron chi connectivity index (χ1n) is 13.3. The van der Waals surface area contributed by atoms with Crippen molar-refractivity contribution in [2.75, 3.05) is 20.6 Å². The number of benzene rings is 2. The van der Waals surface area contributed by atoms with E-state index in [1.165, 1.54) is 36.8 Å². The van der Waals surface area contributed by atoms with Gasteiger partial charge in [0.15, 0.2) is 0 Å². The lowest BCUT2D eigenvalue weighted by Crippen LogP contribution is -2.78. The first kappa shape index (κ1) is 25.9. The van der Waals surface area contributed by atoms with Gasteiger partial charge in [-0.15, -0.1) is 0 Å². The molecule has 2 heterocycles. The van der Waals surface area contributed by atoms with Crippen LogP contribution in [-0.2, 0) is 32.3 Å². The van der Waals surface area contributed by atoms with Gasteiger partial charge in [0.05, 0.1) is 23.1 Å². The van der Waals surface area contributed by atoms with E-state index >= 15 is 0 Å². The van der Waals surface area contributed by atoms with Crippen LogP contribution in [0.5, 0.6) is 5.75 Å². The Bertz CT molecular complexity index is 1370. The van der Waals surface area contributed by atoms with Gasteiger partial charge in [-0.1, -0.05) is 24.3 Å². The Hall–Kier alpha value is -3.33. The summed E-state index contributed by atoms with van der Waals surface area (Å²) in [6.07, 6.45) is 0.459. The van der Waals surface area contributed by atoms with E-state index in [1.807, 2.05) is 12.1 Å². The molecule has 39 heavy (non-hydrogen) atoms. The number of likely N-dealkylation sites (tertiary alicyclic amines) is 1. The third-order valence-electron chi connectivity index (χ3n) is 9.36. The van der Waals surface area contributed by atoms with Crippen LogP contribution in [0.3, 0.4) is 0 Å². The maximum atomic E-state index is 13.4. The number of nitrogens with zero attached hydrogens (tertiary/aromatic N) is 2. The van der Waals surface area contributed by atoms with E-state index < -0.39 is 28.9 Å². The van der Waals surface area contributed by atoms with Gasteiger partial charge in [-0.3, -0.25) is 14.5 Å². The summed E-state index contributed by atoms with van der Waals surface area (Å²) < 4.78 is 52.4. The molecule has 0 N–H and O–H groups in total. The van der Waals surface area contributed by atoms with Crippen molar-refractivity contribution in [3.8, 4) is 5.75 Å². The molecule has 0 radical (unpaired) electrons. The van der Waals surface area contributed by atoms with E-state index in [2.05, 4.69) is 18.0 Å². The molecule has 1 saturated heterocycles. The Morgan fingerprint density at radius 2 is 1.95 bits per heavy atom. The molecule has 2 fully saturated rings. The van der Waals surface area contributed by atoms with Gasteiger partial charge >= 0.3 is 12.1 Å². The van der Waals surface area contributed by atoms with E-state index in [0.29, 0.717) is 18.4 Å². The van der Waals surface area contributed by atoms with Crippen LogP contribution in [0.1, 0.15) is 48.4 Å². The third kappa shape index (κ3) is 3.72. The second-order valence-corrected chi connectivity index (χ2v) is 11.2. The average molecular weight is 541 g/mol. The van der Waals surface area contributed by atoms with Crippen molar-refractivity contribution in [3.05, 3.63) is 70.8 Å². The molecule has 6 nitrogen and oxygen atoms in total. The number of esters is 1. The lowest BCUT2D eigenvalue weighted by Gasteiger charge is -2.65. The summed E-state index contributed by atoms with van der Waals surface area (Å²) in [6.45, 7) is 2.26. The first-order valence-corrected chi connectivity index (χ1v) is 13.3. The van der Waals surface area contributed by atoms with Crippen molar-refractivity contribution in [1.29, 1.82) is 0 Å². The monoisotopic (exact) mass is 540 g/mol. The maximum absolute atomic E-state index is 13.4. The van der Waals surface area contributed by atoms with Gasteiger partial charge in [0.25, 0.3) is 0 Å². The lowest BCUT2D eigenvalue weighted by molar-refractivity contribution is -0.220. The molecule has 2 aromatic rings. The predicted molar refractivity (Wildman–Crippen MR) is 138 cm³/mol. The number of carbonyl (C=O) groups excluding carboxylic acids is 2. The molecular weight excluding hydrogens is 509 g/mol.